The molecule has 2 rings (SSSR count). The minimum atomic E-state index is -1.14. The topological polar surface area (TPSA) is 67.6 Å². The van der Waals surface area contributed by atoms with E-state index < -0.39 is 8.07 Å². The number of aromatic nitrogens is 2. The van der Waals surface area contributed by atoms with Crippen molar-refractivity contribution in [3.8, 4) is 0 Å². The number of aliphatic hydroxyl groups is 1. The van der Waals surface area contributed by atoms with Gasteiger partial charge in [-0.25, -0.2) is 4.68 Å². The van der Waals surface area contributed by atoms with E-state index in [1.165, 1.54) is 4.68 Å². The molecule has 0 saturated carbocycles. The molecule has 136 valence electrons. The van der Waals surface area contributed by atoms with Crippen molar-refractivity contribution in [2.75, 3.05) is 24.7 Å². The number of hydrogen-bond donors (Lipinski definition) is 1. The van der Waals surface area contributed by atoms with Gasteiger partial charge in [-0.05, 0) is 41.2 Å². The van der Waals surface area contributed by atoms with Crippen molar-refractivity contribution < 1.29 is 9.84 Å². The Morgan fingerprint density at radius 2 is 2.17 bits per heavy atom. The van der Waals surface area contributed by atoms with Crippen LogP contribution in [-0.4, -0.2) is 48.8 Å². The molecule has 1 aromatic heterocycles. The molecule has 6 nitrogen and oxygen atoms in total. The predicted molar refractivity (Wildman–Crippen MR) is 102 cm³/mol. The van der Waals surface area contributed by atoms with Crippen LogP contribution in [0, 0.1) is 0 Å². The zero-order valence-corrected chi connectivity index (χ0v) is 17.4. The highest BCUT2D eigenvalue weighted by Gasteiger charge is 2.25. The molecule has 0 aliphatic carbocycles. The van der Waals surface area contributed by atoms with Crippen LogP contribution in [0.3, 0.4) is 0 Å². The van der Waals surface area contributed by atoms with Crippen molar-refractivity contribution in [2.45, 2.75) is 57.7 Å². The third-order valence-corrected chi connectivity index (χ3v) is 6.77. The second-order valence-electron chi connectivity index (χ2n) is 7.52. The second-order valence-corrected chi connectivity index (χ2v) is 13.9. The van der Waals surface area contributed by atoms with Crippen LogP contribution in [0.25, 0.3) is 0 Å². The van der Waals surface area contributed by atoms with E-state index in [0.717, 1.165) is 37.5 Å². The molecule has 2 heterocycles. The lowest BCUT2D eigenvalue weighted by molar-refractivity contribution is 0.0748. The molecule has 1 fully saturated rings. The molecule has 0 bridgehead atoms. The van der Waals surface area contributed by atoms with Gasteiger partial charge in [-0.15, -0.1) is 0 Å². The largest absolute Gasteiger partial charge is 0.394 e. The van der Waals surface area contributed by atoms with Crippen molar-refractivity contribution in [3.63, 3.8) is 0 Å². The van der Waals surface area contributed by atoms with Gasteiger partial charge in [0.05, 0.1) is 24.5 Å². The third kappa shape index (κ3) is 5.14. The molecule has 0 aromatic carbocycles. The van der Waals surface area contributed by atoms with E-state index in [4.69, 9.17) is 4.74 Å². The number of halogens is 1. The zero-order chi connectivity index (χ0) is 17.7. The van der Waals surface area contributed by atoms with Gasteiger partial charge in [0.2, 0.25) is 0 Å². The molecule has 1 unspecified atom stereocenters. The quantitative estimate of drug-likeness (QED) is 0.545. The molecule has 0 amide bonds. The Hall–Kier alpha value is -0.703. The fourth-order valence-corrected chi connectivity index (χ4v) is 4.08. The number of nitrogens with zero attached hydrogens (tertiary/aromatic N) is 3. The highest BCUT2D eigenvalue weighted by molar-refractivity contribution is 9.10. The number of hydrogen-bond acceptors (Lipinski definition) is 5. The van der Waals surface area contributed by atoms with Gasteiger partial charge in [-0.3, -0.25) is 4.79 Å². The molecule has 1 saturated heterocycles. The summed E-state index contributed by atoms with van der Waals surface area (Å²) in [5, 5.41) is 13.8. The molecule has 1 aliphatic rings. The van der Waals surface area contributed by atoms with Gasteiger partial charge in [0.1, 0.15) is 11.2 Å². The first-order chi connectivity index (χ1) is 11.3. The van der Waals surface area contributed by atoms with Gasteiger partial charge in [-0.1, -0.05) is 19.6 Å². The number of anilines is 1. The molecule has 8 heteroatoms. The van der Waals surface area contributed by atoms with Gasteiger partial charge in [0, 0.05) is 21.2 Å². The van der Waals surface area contributed by atoms with Crippen LogP contribution in [0.5, 0.6) is 0 Å². The Kier molecular flexibility index (Phi) is 7.03. The van der Waals surface area contributed by atoms with Crippen molar-refractivity contribution in [2.24, 2.45) is 0 Å². The summed E-state index contributed by atoms with van der Waals surface area (Å²) >= 11 is 3.42. The Morgan fingerprint density at radius 3 is 2.83 bits per heavy atom. The van der Waals surface area contributed by atoms with E-state index >= 15 is 0 Å². The lowest BCUT2D eigenvalue weighted by atomic mass is 10.0. The summed E-state index contributed by atoms with van der Waals surface area (Å²) in [4.78, 5) is 14.6. The van der Waals surface area contributed by atoms with Crippen LogP contribution < -0.4 is 10.5 Å². The van der Waals surface area contributed by atoms with E-state index in [2.05, 4.69) is 45.6 Å². The third-order valence-electron chi connectivity index (χ3n) is 4.32. The van der Waals surface area contributed by atoms with E-state index in [1.807, 2.05) is 0 Å². The molecular formula is C16H28BrN3O3Si. The average Bonchev–Trinajstić information content (AvgIpc) is 2.54. The van der Waals surface area contributed by atoms with Crippen molar-refractivity contribution >= 4 is 29.7 Å². The highest BCUT2D eigenvalue weighted by atomic mass is 79.9. The maximum atomic E-state index is 12.5. The summed E-state index contributed by atoms with van der Waals surface area (Å²) in [6.45, 7) is 8.64. The van der Waals surface area contributed by atoms with Gasteiger partial charge in [0.15, 0.2) is 0 Å². The molecule has 0 spiro atoms. The molecule has 1 aromatic rings. The Bertz CT molecular complexity index is 603. The van der Waals surface area contributed by atoms with Crippen LogP contribution >= 0.6 is 15.9 Å². The zero-order valence-electron chi connectivity index (χ0n) is 14.8. The monoisotopic (exact) mass is 417 g/mol. The number of rotatable bonds is 7. The van der Waals surface area contributed by atoms with E-state index in [0.29, 0.717) is 11.1 Å². The summed E-state index contributed by atoms with van der Waals surface area (Å²) in [6, 6.07) is 1.12. The molecule has 1 N–H and O–H groups in total. The summed E-state index contributed by atoms with van der Waals surface area (Å²) in [5.74, 6) is 0. The number of ether oxygens (including phenoxy) is 1. The average molecular weight is 418 g/mol. The smallest absolute Gasteiger partial charge is 0.285 e. The minimum Gasteiger partial charge on any atom is -0.394 e. The Labute approximate surface area is 153 Å². The molecule has 1 aliphatic heterocycles. The summed E-state index contributed by atoms with van der Waals surface area (Å²) in [7, 11) is -1.14. The van der Waals surface area contributed by atoms with Gasteiger partial charge >= 0.3 is 0 Å². The maximum Gasteiger partial charge on any atom is 0.285 e. The normalized spacial score (nSPS) is 18.9. The summed E-state index contributed by atoms with van der Waals surface area (Å²) in [6.07, 6.45) is 4.80. The van der Waals surface area contributed by atoms with Crippen LogP contribution in [0.15, 0.2) is 15.5 Å². The lowest BCUT2D eigenvalue weighted by Crippen LogP contribution is -2.43. The fraction of sp³-hybridized carbons (Fsp3) is 0.750. The lowest BCUT2D eigenvalue weighted by Gasteiger charge is -2.36. The Balaban J connectivity index is 2.06. The number of piperidine rings is 1. The minimum absolute atomic E-state index is 0.0556. The van der Waals surface area contributed by atoms with Gasteiger partial charge in [-0.2, -0.15) is 5.10 Å². The van der Waals surface area contributed by atoms with Gasteiger partial charge < -0.3 is 14.7 Å². The summed E-state index contributed by atoms with van der Waals surface area (Å²) in [5.41, 5.74) is 0.569. The standard InChI is InChI=1S/C16H28BrN3O3Si/c1-24(2,3)9-8-23-12-20-16(22)15(17)14(10-18-20)19-7-5-4-6-13(19)11-21/h10,13,21H,4-9,11-12H2,1-3H3. The molecule has 24 heavy (non-hydrogen) atoms. The first kappa shape index (κ1) is 19.6. The van der Waals surface area contributed by atoms with Crippen LogP contribution in [0.2, 0.25) is 25.7 Å². The van der Waals surface area contributed by atoms with E-state index in [9.17, 15) is 9.90 Å². The van der Waals surface area contributed by atoms with E-state index in [1.54, 1.807) is 6.20 Å². The maximum absolute atomic E-state index is 12.5. The highest BCUT2D eigenvalue weighted by Crippen LogP contribution is 2.28. The van der Waals surface area contributed by atoms with Crippen LogP contribution in [0.4, 0.5) is 5.69 Å². The molecule has 0 radical (unpaired) electrons. The molecule has 1 atom stereocenters. The first-order valence-corrected chi connectivity index (χ1v) is 13.0. The Morgan fingerprint density at radius 1 is 1.42 bits per heavy atom. The number of aliphatic hydroxyl groups excluding tert-OH is 1. The van der Waals surface area contributed by atoms with Crippen LogP contribution in [0.1, 0.15) is 19.3 Å². The second kappa shape index (κ2) is 8.60. The molecular weight excluding hydrogens is 390 g/mol. The van der Waals surface area contributed by atoms with Gasteiger partial charge in [0.25, 0.3) is 5.56 Å². The van der Waals surface area contributed by atoms with Crippen LogP contribution in [-0.2, 0) is 11.5 Å². The fourth-order valence-electron chi connectivity index (χ4n) is 2.79. The SMILES string of the molecule is C[Si](C)(C)CCOCn1ncc(N2CCCCC2CO)c(Br)c1=O. The van der Waals surface area contributed by atoms with Crippen molar-refractivity contribution in [3.05, 3.63) is 21.0 Å². The van der Waals surface area contributed by atoms with E-state index in [-0.39, 0.29) is 24.9 Å². The van der Waals surface area contributed by atoms with Crippen molar-refractivity contribution in [1.29, 1.82) is 0 Å². The van der Waals surface area contributed by atoms with Crippen molar-refractivity contribution in [1.82, 2.24) is 9.78 Å². The first-order valence-electron chi connectivity index (χ1n) is 8.54. The summed E-state index contributed by atoms with van der Waals surface area (Å²) < 4.78 is 7.46. The predicted octanol–water partition coefficient (Wildman–Crippen LogP) is 2.67.